The summed E-state index contributed by atoms with van der Waals surface area (Å²) >= 11 is 0. The van der Waals surface area contributed by atoms with Gasteiger partial charge in [0.15, 0.2) is 0 Å². The van der Waals surface area contributed by atoms with Gasteiger partial charge < -0.3 is 14.6 Å². The molecule has 0 saturated carbocycles. The zero-order valence-electron chi connectivity index (χ0n) is 16.1. The second kappa shape index (κ2) is 8.77. The van der Waals surface area contributed by atoms with Crippen molar-refractivity contribution in [2.24, 2.45) is 5.92 Å². The van der Waals surface area contributed by atoms with E-state index < -0.39 is 5.97 Å². The van der Waals surface area contributed by atoms with E-state index >= 15 is 0 Å². The molecule has 1 N–H and O–H groups in total. The molecule has 0 spiro atoms. The number of rotatable bonds is 8. The molecule has 1 saturated heterocycles. The average molecular weight is 380 g/mol. The molecule has 0 atom stereocenters. The Hall–Kier alpha value is -3.04. The predicted molar refractivity (Wildman–Crippen MR) is 104 cm³/mol. The summed E-state index contributed by atoms with van der Waals surface area (Å²) in [7, 11) is 0. The molecule has 1 aliphatic heterocycles. The van der Waals surface area contributed by atoms with Crippen molar-refractivity contribution >= 4 is 5.97 Å². The number of carboxylic acids is 1. The predicted octanol–water partition coefficient (Wildman–Crippen LogP) is 3.44. The monoisotopic (exact) mass is 380 g/mol. The standard InChI is InChI=1S/C22H24N2O4/c1-15(2)28-21-9-17(3-6-18(21)10-23)14-27-20-7-4-16(5-8-20)11-24-12-19(13-24)22(25)26/h3-9,15,19H,11-14H2,1-2H3,(H,25,26). The van der Waals surface area contributed by atoms with Crippen molar-refractivity contribution in [3.05, 3.63) is 59.2 Å². The van der Waals surface area contributed by atoms with Crippen LogP contribution in [-0.2, 0) is 17.9 Å². The van der Waals surface area contributed by atoms with E-state index in [0.29, 0.717) is 31.0 Å². The maximum Gasteiger partial charge on any atom is 0.309 e. The van der Waals surface area contributed by atoms with Gasteiger partial charge in [0.1, 0.15) is 24.2 Å². The van der Waals surface area contributed by atoms with Crippen LogP contribution in [0.3, 0.4) is 0 Å². The van der Waals surface area contributed by atoms with Crippen LogP contribution >= 0.6 is 0 Å². The lowest BCUT2D eigenvalue weighted by atomic mass is 10.00. The molecule has 1 heterocycles. The first-order valence-corrected chi connectivity index (χ1v) is 9.31. The van der Waals surface area contributed by atoms with Gasteiger partial charge in [-0.1, -0.05) is 18.2 Å². The molecule has 146 valence electrons. The van der Waals surface area contributed by atoms with Gasteiger partial charge in [0.25, 0.3) is 0 Å². The number of hydrogen-bond donors (Lipinski definition) is 1. The van der Waals surface area contributed by atoms with E-state index in [1.54, 1.807) is 6.07 Å². The summed E-state index contributed by atoms with van der Waals surface area (Å²) in [5.74, 6) is 0.374. The molecular weight excluding hydrogens is 356 g/mol. The summed E-state index contributed by atoms with van der Waals surface area (Å²) < 4.78 is 11.5. The van der Waals surface area contributed by atoms with Crippen molar-refractivity contribution < 1.29 is 19.4 Å². The summed E-state index contributed by atoms with van der Waals surface area (Å²) in [5, 5.41) is 18.1. The largest absolute Gasteiger partial charge is 0.490 e. The number of carbonyl (C=O) groups is 1. The molecule has 6 heteroatoms. The smallest absolute Gasteiger partial charge is 0.309 e. The topological polar surface area (TPSA) is 82.8 Å². The quantitative estimate of drug-likeness (QED) is 0.755. The number of nitrogens with zero attached hydrogens (tertiary/aromatic N) is 2. The van der Waals surface area contributed by atoms with Crippen LogP contribution in [0, 0.1) is 17.2 Å². The highest BCUT2D eigenvalue weighted by molar-refractivity contribution is 5.71. The van der Waals surface area contributed by atoms with Gasteiger partial charge in [-0.3, -0.25) is 9.69 Å². The molecule has 0 bridgehead atoms. The van der Waals surface area contributed by atoms with Crippen LogP contribution in [-0.4, -0.2) is 35.2 Å². The molecule has 2 aromatic carbocycles. The minimum absolute atomic E-state index is 0.00648. The van der Waals surface area contributed by atoms with Gasteiger partial charge in [-0.25, -0.2) is 0 Å². The third-order valence-corrected chi connectivity index (χ3v) is 4.57. The van der Waals surface area contributed by atoms with Crippen molar-refractivity contribution in [3.8, 4) is 17.6 Å². The number of benzene rings is 2. The number of likely N-dealkylation sites (tertiary alicyclic amines) is 1. The van der Waals surface area contributed by atoms with Crippen LogP contribution in [0.25, 0.3) is 0 Å². The van der Waals surface area contributed by atoms with E-state index in [4.69, 9.17) is 14.6 Å². The first kappa shape index (κ1) is 19.7. The van der Waals surface area contributed by atoms with Crippen LogP contribution < -0.4 is 9.47 Å². The molecule has 2 aromatic rings. The number of hydrogen-bond acceptors (Lipinski definition) is 5. The molecule has 1 aliphatic rings. The molecule has 0 radical (unpaired) electrons. The van der Waals surface area contributed by atoms with Gasteiger partial charge in [-0.05, 0) is 49.2 Å². The Morgan fingerprint density at radius 2 is 1.89 bits per heavy atom. The van der Waals surface area contributed by atoms with Crippen molar-refractivity contribution in [3.63, 3.8) is 0 Å². The van der Waals surface area contributed by atoms with Gasteiger partial charge >= 0.3 is 5.97 Å². The van der Waals surface area contributed by atoms with Gasteiger partial charge in [0.05, 0.1) is 17.6 Å². The molecule has 1 fully saturated rings. The van der Waals surface area contributed by atoms with E-state index in [2.05, 4.69) is 11.0 Å². The van der Waals surface area contributed by atoms with Crippen LogP contribution in [0.1, 0.15) is 30.5 Å². The maximum absolute atomic E-state index is 10.9. The third-order valence-electron chi connectivity index (χ3n) is 4.57. The SMILES string of the molecule is CC(C)Oc1cc(COc2ccc(CN3CC(C(=O)O)C3)cc2)ccc1C#N. The molecule has 0 amide bonds. The normalized spacial score (nSPS) is 14.4. The summed E-state index contributed by atoms with van der Waals surface area (Å²) in [4.78, 5) is 13.0. The highest BCUT2D eigenvalue weighted by Crippen LogP contribution is 2.23. The van der Waals surface area contributed by atoms with Crippen LogP contribution in [0.4, 0.5) is 0 Å². The summed E-state index contributed by atoms with van der Waals surface area (Å²) in [5.41, 5.74) is 2.57. The first-order valence-electron chi connectivity index (χ1n) is 9.31. The Morgan fingerprint density at radius 1 is 1.21 bits per heavy atom. The van der Waals surface area contributed by atoms with E-state index in [0.717, 1.165) is 23.4 Å². The number of ether oxygens (including phenoxy) is 2. The van der Waals surface area contributed by atoms with E-state index in [9.17, 15) is 10.1 Å². The van der Waals surface area contributed by atoms with Crippen molar-refractivity contribution in [2.75, 3.05) is 13.1 Å². The number of aliphatic carboxylic acids is 1. The minimum Gasteiger partial charge on any atom is -0.490 e. The molecule has 6 nitrogen and oxygen atoms in total. The zero-order valence-corrected chi connectivity index (χ0v) is 16.1. The van der Waals surface area contributed by atoms with Crippen LogP contribution in [0.15, 0.2) is 42.5 Å². The van der Waals surface area contributed by atoms with Gasteiger partial charge in [0.2, 0.25) is 0 Å². The Morgan fingerprint density at radius 3 is 2.50 bits per heavy atom. The Balaban J connectivity index is 1.54. The van der Waals surface area contributed by atoms with Crippen molar-refractivity contribution in [1.82, 2.24) is 4.90 Å². The molecule has 3 rings (SSSR count). The lowest BCUT2D eigenvalue weighted by molar-refractivity contribution is -0.147. The van der Waals surface area contributed by atoms with Gasteiger partial charge in [-0.2, -0.15) is 5.26 Å². The molecular formula is C22H24N2O4. The van der Waals surface area contributed by atoms with E-state index in [1.165, 1.54) is 0 Å². The highest BCUT2D eigenvalue weighted by Gasteiger charge is 2.32. The Kier molecular flexibility index (Phi) is 6.17. The average Bonchev–Trinajstić information content (AvgIpc) is 2.63. The van der Waals surface area contributed by atoms with Gasteiger partial charge in [-0.15, -0.1) is 0 Å². The van der Waals surface area contributed by atoms with Gasteiger partial charge in [0, 0.05) is 19.6 Å². The summed E-state index contributed by atoms with van der Waals surface area (Å²) in [6.45, 7) is 6.18. The summed E-state index contributed by atoms with van der Waals surface area (Å²) in [6, 6.07) is 15.4. The van der Waals surface area contributed by atoms with Crippen LogP contribution in [0.5, 0.6) is 11.5 Å². The molecule has 28 heavy (non-hydrogen) atoms. The number of carboxylic acid groups (broad SMARTS) is 1. The lowest BCUT2D eigenvalue weighted by Gasteiger charge is -2.36. The molecule has 0 aromatic heterocycles. The highest BCUT2D eigenvalue weighted by atomic mass is 16.5. The zero-order chi connectivity index (χ0) is 20.1. The second-order valence-electron chi connectivity index (χ2n) is 7.27. The fourth-order valence-electron chi connectivity index (χ4n) is 3.07. The van der Waals surface area contributed by atoms with E-state index in [-0.39, 0.29) is 12.0 Å². The molecule has 0 aliphatic carbocycles. The van der Waals surface area contributed by atoms with Crippen molar-refractivity contribution in [1.29, 1.82) is 5.26 Å². The number of nitriles is 1. The Bertz CT molecular complexity index is 865. The second-order valence-corrected chi connectivity index (χ2v) is 7.27. The van der Waals surface area contributed by atoms with Crippen LogP contribution in [0.2, 0.25) is 0 Å². The summed E-state index contributed by atoms with van der Waals surface area (Å²) in [6.07, 6.45) is -0.00648. The third kappa shape index (κ3) is 5.02. The fourth-order valence-corrected chi connectivity index (χ4v) is 3.07. The molecule has 0 unspecified atom stereocenters. The lowest BCUT2D eigenvalue weighted by Crippen LogP contribution is -2.49. The minimum atomic E-state index is -0.718. The Labute approximate surface area is 164 Å². The van der Waals surface area contributed by atoms with Crippen molar-refractivity contribution in [2.45, 2.75) is 33.1 Å². The fraction of sp³-hybridized carbons (Fsp3) is 0.364. The maximum atomic E-state index is 10.9. The first-order chi connectivity index (χ1) is 13.4. The van der Waals surface area contributed by atoms with E-state index in [1.807, 2.05) is 50.2 Å².